The van der Waals surface area contributed by atoms with E-state index in [1.54, 1.807) is 26.8 Å². The topological polar surface area (TPSA) is 62.1 Å². The average molecular weight is 254 g/mol. The number of carbonyl (C=O) groups is 1. The highest BCUT2D eigenvalue weighted by Crippen LogP contribution is 2.21. The quantitative estimate of drug-likeness (QED) is 0.837. The summed E-state index contributed by atoms with van der Waals surface area (Å²) in [4.78, 5) is 11.4. The van der Waals surface area contributed by atoms with Crippen LogP contribution in [0.5, 0.6) is 0 Å². The molecule has 0 saturated carbocycles. The van der Waals surface area contributed by atoms with Crippen molar-refractivity contribution in [2.45, 2.75) is 26.4 Å². The largest absolute Gasteiger partial charge is 0.444 e. The Hall–Kier alpha value is -2.16. The molecule has 0 radical (unpaired) electrons. The van der Waals surface area contributed by atoms with E-state index in [2.05, 4.69) is 0 Å². The average Bonchev–Trinajstić information content (AvgIpc) is 2.20. The molecule has 0 bridgehead atoms. The number of ether oxygens (including phenoxy) is 1. The fourth-order valence-corrected chi connectivity index (χ4v) is 1.16. The van der Waals surface area contributed by atoms with Crippen LogP contribution in [0, 0.1) is 23.0 Å². The van der Waals surface area contributed by atoms with Gasteiger partial charge in [-0.05, 0) is 32.9 Å². The highest BCUT2D eigenvalue weighted by molar-refractivity contribution is 5.85. The van der Waals surface area contributed by atoms with Crippen molar-refractivity contribution >= 4 is 11.8 Å². The van der Waals surface area contributed by atoms with Gasteiger partial charge in [-0.2, -0.15) is 5.26 Å². The van der Waals surface area contributed by atoms with E-state index >= 15 is 0 Å². The van der Waals surface area contributed by atoms with Crippen molar-refractivity contribution in [2.75, 3.05) is 5.32 Å². The van der Waals surface area contributed by atoms with Gasteiger partial charge in [0.2, 0.25) is 0 Å². The minimum Gasteiger partial charge on any atom is -0.444 e. The molecule has 1 N–H and O–H groups in total. The Morgan fingerprint density at radius 2 is 1.83 bits per heavy atom. The van der Waals surface area contributed by atoms with Crippen molar-refractivity contribution in [3.63, 3.8) is 0 Å². The third-order valence-corrected chi connectivity index (χ3v) is 1.80. The SMILES string of the molecule is CC(C)(C)OC(=O)Nc1c(F)cc(C#N)cc1F. The molecule has 1 rings (SSSR count). The van der Waals surface area contributed by atoms with Gasteiger partial charge in [-0.15, -0.1) is 0 Å². The van der Waals surface area contributed by atoms with E-state index in [9.17, 15) is 13.6 Å². The minimum atomic E-state index is -1.03. The van der Waals surface area contributed by atoms with Crippen LogP contribution in [0.1, 0.15) is 26.3 Å². The number of nitriles is 1. The van der Waals surface area contributed by atoms with Crippen molar-refractivity contribution < 1.29 is 18.3 Å². The van der Waals surface area contributed by atoms with E-state index in [0.29, 0.717) is 0 Å². The first-order valence-electron chi connectivity index (χ1n) is 5.12. The lowest BCUT2D eigenvalue weighted by Crippen LogP contribution is -2.27. The number of amides is 1. The normalized spacial score (nSPS) is 10.7. The van der Waals surface area contributed by atoms with Crippen LogP contribution in [0.15, 0.2) is 12.1 Å². The number of carbonyl (C=O) groups excluding carboxylic acids is 1. The summed E-state index contributed by atoms with van der Waals surface area (Å²) in [5.74, 6) is -2.06. The molecule has 0 heterocycles. The second kappa shape index (κ2) is 5.00. The lowest BCUT2D eigenvalue weighted by atomic mass is 10.2. The van der Waals surface area contributed by atoms with Gasteiger partial charge in [0.1, 0.15) is 11.3 Å². The molecule has 0 atom stereocenters. The van der Waals surface area contributed by atoms with E-state index in [1.807, 2.05) is 5.32 Å². The molecule has 0 aliphatic carbocycles. The van der Waals surface area contributed by atoms with Gasteiger partial charge in [-0.3, -0.25) is 5.32 Å². The molecule has 0 spiro atoms. The molecule has 18 heavy (non-hydrogen) atoms. The lowest BCUT2D eigenvalue weighted by Gasteiger charge is -2.20. The Balaban J connectivity index is 2.93. The number of anilines is 1. The third kappa shape index (κ3) is 3.70. The zero-order valence-electron chi connectivity index (χ0n) is 10.2. The molecule has 0 aliphatic rings. The summed E-state index contributed by atoms with van der Waals surface area (Å²) in [6.45, 7) is 4.87. The number of rotatable bonds is 1. The fraction of sp³-hybridized carbons (Fsp3) is 0.333. The van der Waals surface area contributed by atoms with Gasteiger partial charge in [-0.25, -0.2) is 13.6 Å². The number of hydrogen-bond donors (Lipinski definition) is 1. The molecule has 1 aromatic rings. The number of nitrogens with zero attached hydrogens (tertiary/aromatic N) is 1. The number of halogens is 2. The van der Waals surface area contributed by atoms with E-state index in [4.69, 9.17) is 10.00 Å². The minimum absolute atomic E-state index is 0.167. The molecule has 0 saturated heterocycles. The second-order valence-corrected chi connectivity index (χ2v) is 4.55. The van der Waals surface area contributed by atoms with E-state index in [1.165, 1.54) is 0 Å². The van der Waals surface area contributed by atoms with Crippen LogP contribution in [-0.4, -0.2) is 11.7 Å². The van der Waals surface area contributed by atoms with Crippen LogP contribution < -0.4 is 5.32 Å². The zero-order chi connectivity index (χ0) is 13.9. The van der Waals surface area contributed by atoms with E-state index < -0.39 is 29.0 Å². The van der Waals surface area contributed by atoms with Gasteiger partial charge >= 0.3 is 6.09 Å². The van der Waals surface area contributed by atoms with Crippen LogP contribution >= 0.6 is 0 Å². The van der Waals surface area contributed by atoms with Gasteiger partial charge in [0.15, 0.2) is 11.6 Å². The van der Waals surface area contributed by atoms with Crippen LogP contribution in [0.4, 0.5) is 19.3 Å². The second-order valence-electron chi connectivity index (χ2n) is 4.55. The summed E-state index contributed by atoms with van der Waals surface area (Å²) in [6, 6.07) is 3.26. The molecule has 1 aromatic carbocycles. The van der Waals surface area contributed by atoms with Crippen molar-refractivity contribution in [3.05, 3.63) is 29.3 Å². The van der Waals surface area contributed by atoms with Crippen molar-refractivity contribution in [2.24, 2.45) is 0 Å². The Kier molecular flexibility index (Phi) is 3.86. The van der Waals surface area contributed by atoms with Crippen LogP contribution in [-0.2, 0) is 4.74 Å². The predicted molar refractivity (Wildman–Crippen MR) is 60.9 cm³/mol. The predicted octanol–water partition coefficient (Wildman–Crippen LogP) is 3.18. The Bertz CT molecular complexity index is 493. The standard InChI is InChI=1S/C12H12F2N2O2/c1-12(2,3)18-11(17)16-10-8(13)4-7(6-15)5-9(10)14/h4-5H,1-3H3,(H,16,17). The lowest BCUT2D eigenvalue weighted by molar-refractivity contribution is 0.0634. The molecule has 0 unspecified atom stereocenters. The number of hydrogen-bond acceptors (Lipinski definition) is 3. The molecular formula is C12H12F2N2O2. The van der Waals surface area contributed by atoms with Gasteiger partial charge in [0.25, 0.3) is 0 Å². The van der Waals surface area contributed by atoms with Crippen LogP contribution in [0.3, 0.4) is 0 Å². The Morgan fingerprint density at radius 1 is 1.33 bits per heavy atom. The monoisotopic (exact) mass is 254 g/mol. The summed E-state index contributed by atoms with van der Waals surface area (Å²) < 4.78 is 31.7. The molecular weight excluding hydrogens is 242 g/mol. The number of benzene rings is 1. The first-order valence-corrected chi connectivity index (χ1v) is 5.12. The summed E-state index contributed by atoms with van der Waals surface area (Å²) in [6.07, 6.45) is -0.968. The maximum absolute atomic E-state index is 13.4. The number of nitrogens with one attached hydrogen (secondary N) is 1. The van der Waals surface area contributed by atoms with E-state index in [0.717, 1.165) is 12.1 Å². The van der Waals surface area contributed by atoms with E-state index in [-0.39, 0.29) is 5.56 Å². The van der Waals surface area contributed by atoms with Gasteiger partial charge in [0.05, 0.1) is 11.6 Å². The first kappa shape index (κ1) is 13.9. The molecule has 1 amide bonds. The van der Waals surface area contributed by atoms with Crippen molar-refractivity contribution in [3.8, 4) is 6.07 Å². The van der Waals surface area contributed by atoms with Gasteiger partial charge in [-0.1, -0.05) is 0 Å². The maximum atomic E-state index is 13.4. The maximum Gasteiger partial charge on any atom is 0.412 e. The summed E-state index contributed by atoms with van der Waals surface area (Å²) in [5.41, 5.74) is -1.58. The smallest absolute Gasteiger partial charge is 0.412 e. The molecule has 96 valence electrons. The molecule has 0 aliphatic heterocycles. The van der Waals surface area contributed by atoms with Crippen LogP contribution in [0.2, 0.25) is 0 Å². The zero-order valence-corrected chi connectivity index (χ0v) is 10.2. The van der Waals surface area contributed by atoms with Gasteiger partial charge < -0.3 is 4.74 Å². The third-order valence-electron chi connectivity index (χ3n) is 1.80. The summed E-state index contributed by atoms with van der Waals surface area (Å²) >= 11 is 0. The summed E-state index contributed by atoms with van der Waals surface area (Å²) in [7, 11) is 0. The fourth-order valence-electron chi connectivity index (χ4n) is 1.16. The molecule has 6 heteroatoms. The van der Waals surface area contributed by atoms with Crippen LogP contribution in [0.25, 0.3) is 0 Å². The summed E-state index contributed by atoms with van der Waals surface area (Å²) in [5, 5.41) is 10.5. The first-order chi connectivity index (χ1) is 8.23. The molecule has 0 fully saturated rings. The Morgan fingerprint density at radius 3 is 2.22 bits per heavy atom. The molecule has 0 aromatic heterocycles. The van der Waals surface area contributed by atoms with Crippen molar-refractivity contribution in [1.29, 1.82) is 5.26 Å². The highest BCUT2D eigenvalue weighted by Gasteiger charge is 2.19. The Labute approximate surface area is 103 Å². The van der Waals surface area contributed by atoms with Gasteiger partial charge in [0, 0.05) is 0 Å². The van der Waals surface area contributed by atoms with Crippen molar-refractivity contribution in [1.82, 2.24) is 0 Å². The molecule has 4 nitrogen and oxygen atoms in total. The highest BCUT2D eigenvalue weighted by atomic mass is 19.1.